The second kappa shape index (κ2) is 2.54. The van der Waals surface area contributed by atoms with Crippen LogP contribution in [-0.2, 0) is 0 Å². The third kappa shape index (κ3) is 1.12. The van der Waals surface area contributed by atoms with Gasteiger partial charge in [0.25, 0.3) is 0 Å². The van der Waals surface area contributed by atoms with Crippen LogP contribution in [0.15, 0.2) is 36.8 Å². The second-order valence-corrected chi connectivity index (χ2v) is 2.11. The van der Waals surface area contributed by atoms with Gasteiger partial charge in [-0.3, -0.25) is 10.1 Å². The molecule has 54 valence electrons. The molecule has 2 aromatic heterocycles. The highest BCUT2D eigenvalue weighted by Gasteiger charge is 1.95. The van der Waals surface area contributed by atoms with Gasteiger partial charge in [-0.25, -0.2) is 0 Å². The van der Waals surface area contributed by atoms with Gasteiger partial charge in [-0.2, -0.15) is 5.10 Å². The Bertz CT molecular complexity index is 369. The number of aromatic nitrogens is 3. The minimum atomic E-state index is 0.404. The van der Waals surface area contributed by atoms with Gasteiger partial charge < -0.3 is 0 Å². The molecule has 0 unspecified atom stereocenters. The molecule has 0 aliphatic carbocycles. The molecule has 11 heavy (non-hydrogen) atoms. The molecule has 0 spiro atoms. The lowest BCUT2D eigenvalue weighted by atomic mass is 10.2. The first-order valence-corrected chi connectivity index (χ1v) is 3.28. The molecule has 2 heterocycles. The lowest BCUT2D eigenvalue weighted by molar-refractivity contribution is 1.09. The van der Waals surface area contributed by atoms with Gasteiger partial charge in [0.2, 0.25) is 0 Å². The molecule has 0 atom stereocenters. The van der Waals surface area contributed by atoms with Gasteiger partial charge in [0.15, 0.2) is 0 Å². The summed E-state index contributed by atoms with van der Waals surface area (Å²) in [5.41, 5.74) is 1.58. The summed E-state index contributed by atoms with van der Waals surface area (Å²) >= 11 is 0. The van der Waals surface area contributed by atoms with Crippen molar-refractivity contribution in [2.75, 3.05) is 0 Å². The lowest BCUT2D eigenvalue weighted by Crippen LogP contribution is -1.77. The molecular weight excluding hydrogens is 138 g/mol. The van der Waals surface area contributed by atoms with Crippen molar-refractivity contribution in [1.82, 2.24) is 15.2 Å². The molecule has 2 rings (SSSR count). The fourth-order valence-corrected chi connectivity index (χ4v) is 0.887. The smallest absolute Gasteiger partial charge is 0.0921 e. The largest absolute Gasteiger partial charge is 0.285 e. The fourth-order valence-electron chi connectivity index (χ4n) is 0.887. The first-order chi connectivity index (χ1) is 5.88. The fraction of sp³-hybridized carbons (Fsp3) is 0. The van der Waals surface area contributed by atoms with Crippen molar-refractivity contribution in [2.24, 2.45) is 0 Å². The number of H-pyrrole nitrogens is 1. The molecule has 3 nitrogen and oxygen atoms in total. The van der Waals surface area contributed by atoms with Crippen LogP contribution in [0.3, 0.4) is 0 Å². The van der Waals surface area contributed by atoms with Gasteiger partial charge >= 0.3 is 0 Å². The van der Waals surface area contributed by atoms with Crippen molar-refractivity contribution in [2.45, 2.75) is 0 Å². The second-order valence-electron chi connectivity index (χ2n) is 2.11. The summed E-state index contributed by atoms with van der Waals surface area (Å²) in [7, 11) is 0. The van der Waals surface area contributed by atoms with Crippen LogP contribution >= 0.6 is 0 Å². The first kappa shape index (κ1) is 5.07. The Morgan fingerprint density at radius 2 is 2.18 bits per heavy atom. The molecule has 3 heteroatoms. The summed E-state index contributed by atoms with van der Waals surface area (Å²) in [6.07, 6.45) is 4.92. The topological polar surface area (TPSA) is 41.6 Å². The Kier molecular flexibility index (Phi) is 1.17. The van der Waals surface area contributed by atoms with E-state index in [9.17, 15) is 0 Å². The highest BCUT2D eigenvalue weighted by Crippen LogP contribution is 2.12. The molecule has 0 bridgehead atoms. The number of hydrogen-bond acceptors (Lipinski definition) is 2. The summed E-state index contributed by atoms with van der Waals surface area (Å²) in [5, 5.41) is 6.58. The molecule has 0 amide bonds. The number of aromatic amines is 1. The minimum absolute atomic E-state index is 0.404. The average Bonchev–Trinajstić information content (AvgIpc) is 2.53. The standard InChI is InChI=1S/C8H7N3/c1-4-9-5-2-7(1)8-3-6-10-11-8/h1-6H,(H,10,11)/i3D. The molecule has 0 saturated carbocycles. The van der Waals surface area contributed by atoms with Gasteiger partial charge in [0.1, 0.15) is 0 Å². The van der Waals surface area contributed by atoms with Crippen molar-refractivity contribution in [3.05, 3.63) is 36.8 Å². The lowest BCUT2D eigenvalue weighted by Gasteiger charge is -1.91. The quantitative estimate of drug-likeness (QED) is 0.661. The van der Waals surface area contributed by atoms with E-state index >= 15 is 0 Å². The van der Waals surface area contributed by atoms with Crippen LogP contribution in [0.4, 0.5) is 0 Å². The zero-order chi connectivity index (χ0) is 8.39. The van der Waals surface area contributed by atoms with Crippen molar-refractivity contribution in [3.8, 4) is 11.3 Å². The third-order valence-corrected chi connectivity index (χ3v) is 1.40. The molecule has 0 fully saturated rings. The molecular formula is C8H7N3. The minimum Gasteiger partial charge on any atom is -0.285 e. The zero-order valence-electron chi connectivity index (χ0n) is 6.78. The zero-order valence-corrected chi connectivity index (χ0v) is 5.78. The van der Waals surface area contributed by atoms with Crippen molar-refractivity contribution >= 4 is 0 Å². The van der Waals surface area contributed by atoms with Crippen LogP contribution in [-0.4, -0.2) is 15.2 Å². The van der Waals surface area contributed by atoms with Gasteiger partial charge in [-0.15, -0.1) is 0 Å². The van der Waals surface area contributed by atoms with Crippen LogP contribution in [0.1, 0.15) is 1.37 Å². The molecule has 0 saturated heterocycles. The SMILES string of the molecule is [2H]c1c[nH]nc1-c1ccncc1. The molecule has 0 aliphatic heterocycles. The molecule has 0 aromatic carbocycles. The van der Waals surface area contributed by atoms with E-state index < -0.39 is 0 Å². The first-order valence-electron chi connectivity index (χ1n) is 3.78. The summed E-state index contributed by atoms with van der Waals surface area (Å²) in [4.78, 5) is 3.89. The summed E-state index contributed by atoms with van der Waals surface area (Å²) < 4.78 is 7.47. The van der Waals surface area contributed by atoms with Crippen LogP contribution in [0.2, 0.25) is 0 Å². The third-order valence-electron chi connectivity index (χ3n) is 1.40. The van der Waals surface area contributed by atoms with Crippen molar-refractivity contribution in [1.29, 1.82) is 0 Å². The number of rotatable bonds is 1. The average molecular weight is 146 g/mol. The van der Waals surface area contributed by atoms with Crippen molar-refractivity contribution in [3.63, 3.8) is 0 Å². The molecule has 1 N–H and O–H groups in total. The van der Waals surface area contributed by atoms with Gasteiger partial charge in [-0.1, -0.05) is 0 Å². The molecule has 0 radical (unpaired) electrons. The number of hydrogen-bond donors (Lipinski definition) is 1. The normalized spacial score (nSPS) is 11.1. The monoisotopic (exact) mass is 146 g/mol. The Morgan fingerprint density at radius 1 is 1.36 bits per heavy atom. The van der Waals surface area contributed by atoms with E-state index in [1.54, 1.807) is 18.6 Å². The highest BCUT2D eigenvalue weighted by molar-refractivity contribution is 5.56. The maximum atomic E-state index is 7.47. The van der Waals surface area contributed by atoms with Crippen LogP contribution in [0.5, 0.6) is 0 Å². The van der Waals surface area contributed by atoms with Crippen LogP contribution < -0.4 is 0 Å². The van der Waals surface area contributed by atoms with Crippen molar-refractivity contribution < 1.29 is 1.37 Å². The van der Waals surface area contributed by atoms with E-state index in [1.807, 2.05) is 12.1 Å². The number of pyridine rings is 1. The van der Waals surface area contributed by atoms with E-state index in [2.05, 4.69) is 15.2 Å². The summed E-state index contributed by atoms with van der Waals surface area (Å²) in [6.45, 7) is 0. The molecule has 2 aromatic rings. The highest BCUT2D eigenvalue weighted by atomic mass is 15.1. The summed E-state index contributed by atoms with van der Waals surface area (Å²) in [5.74, 6) is 0. The van der Waals surface area contributed by atoms with Gasteiger partial charge in [-0.05, 0) is 18.2 Å². The number of nitrogens with zero attached hydrogens (tertiary/aromatic N) is 2. The van der Waals surface area contributed by atoms with Crippen LogP contribution in [0.25, 0.3) is 11.3 Å². The summed E-state index contributed by atoms with van der Waals surface area (Å²) in [6, 6.07) is 4.06. The Labute approximate surface area is 65.5 Å². The van der Waals surface area contributed by atoms with Gasteiger partial charge in [0, 0.05) is 24.2 Å². The molecule has 0 aliphatic rings. The van der Waals surface area contributed by atoms with E-state index in [1.165, 1.54) is 0 Å². The number of nitrogens with one attached hydrogen (secondary N) is 1. The van der Waals surface area contributed by atoms with Gasteiger partial charge in [0.05, 0.1) is 7.06 Å². The van der Waals surface area contributed by atoms with E-state index in [-0.39, 0.29) is 0 Å². The maximum absolute atomic E-state index is 7.47. The Hall–Kier alpha value is -1.64. The Balaban J connectivity index is 2.51. The Morgan fingerprint density at radius 3 is 2.82 bits per heavy atom. The van der Waals surface area contributed by atoms with E-state index in [4.69, 9.17) is 1.37 Å². The van der Waals surface area contributed by atoms with E-state index in [0.29, 0.717) is 11.7 Å². The maximum Gasteiger partial charge on any atom is 0.0921 e. The van der Waals surface area contributed by atoms with Crippen LogP contribution in [0, 0.1) is 0 Å². The predicted octanol–water partition coefficient (Wildman–Crippen LogP) is 1.47. The predicted molar refractivity (Wildman–Crippen MR) is 41.8 cm³/mol. The van der Waals surface area contributed by atoms with E-state index in [0.717, 1.165) is 5.56 Å².